The molecule has 3 rings (SSSR count). The van der Waals surface area contributed by atoms with Gasteiger partial charge < -0.3 is 10.6 Å². The number of para-hydroxylation sites is 1. The summed E-state index contributed by atoms with van der Waals surface area (Å²) in [6.07, 6.45) is 0. The number of halogens is 1. The Labute approximate surface area is 178 Å². The lowest BCUT2D eigenvalue weighted by Gasteiger charge is -2.17. The Morgan fingerprint density at radius 3 is 2.33 bits per heavy atom. The third kappa shape index (κ3) is 4.75. The summed E-state index contributed by atoms with van der Waals surface area (Å²) in [7, 11) is 0. The number of nitrogens with zero attached hydrogens (tertiary/aromatic N) is 2. The number of rotatable bonds is 5. The fourth-order valence-corrected chi connectivity index (χ4v) is 3.01. The Kier molecular flexibility index (Phi) is 6.32. The molecule has 30 heavy (non-hydrogen) atoms. The van der Waals surface area contributed by atoms with Crippen LogP contribution in [0.25, 0.3) is 11.3 Å². The van der Waals surface area contributed by atoms with Crippen molar-refractivity contribution in [3.8, 4) is 11.3 Å². The molecular weight excluding hydrogens is 404 g/mol. The number of nitrogens with one attached hydrogen (secondary N) is 2. The molecule has 0 saturated carbocycles. The second-order valence-corrected chi connectivity index (χ2v) is 7.29. The number of amides is 2. The van der Waals surface area contributed by atoms with Crippen molar-refractivity contribution in [3.05, 3.63) is 75.5 Å². The molecule has 154 valence electrons. The van der Waals surface area contributed by atoms with Gasteiger partial charge >= 0.3 is 0 Å². The molecule has 0 fully saturated rings. The minimum absolute atomic E-state index is 0.0467. The summed E-state index contributed by atoms with van der Waals surface area (Å²) in [6, 6.07) is 14.9. The molecule has 7 nitrogen and oxygen atoms in total. The van der Waals surface area contributed by atoms with Crippen molar-refractivity contribution in [2.45, 2.75) is 26.8 Å². The van der Waals surface area contributed by atoms with Gasteiger partial charge in [-0.1, -0.05) is 53.6 Å². The summed E-state index contributed by atoms with van der Waals surface area (Å²) in [6.45, 7) is 4.82. The maximum absolute atomic E-state index is 12.9. The van der Waals surface area contributed by atoms with Gasteiger partial charge in [0.1, 0.15) is 11.7 Å². The van der Waals surface area contributed by atoms with Crippen LogP contribution in [0.15, 0.2) is 59.4 Å². The average molecular weight is 425 g/mol. The zero-order valence-corrected chi connectivity index (χ0v) is 17.5. The molecule has 2 aromatic carbocycles. The molecule has 0 aliphatic heterocycles. The van der Waals surface area contributed by atoms with E-state index in [1.807, 2.05) is 31.2 Å². The molecule has 0 bridgehead atoms. The van der Waals surface area contributed by atoms with Crippen LogP contribution < -0.4 is 16.2 Å². The first-order chi connectivity index (χ1) is 14.3. The Morgan fingerprint density at radius 2 is 1.70 bits per heavy atom. The predicted molar refractivity (Wildman–Crippen MR) is 118 cm³/mol. The summed E-state index contributed by atoms with van der Waals surface area (Å²) < 4.78 is 1.06. The number of hydrogen-bond donors (Lipinski definition) is 2. The van der Waals surface area contributed by atoms with E-state index in [4.69, 9.17) is 11.6 Å². The van der Waals surface area contributed by atoms with Crippen LogP contribution in [0.5, 0.6) is 0 Å². The minimum atomic E-state index is -0.952. The molecule has 2 amide bonds. The molecule has 0 aliphatic carbocycles. The van der Waals surface area contributed by atoms with Crippen LogP contribution in [0.2, 0.25) is 5.02 Å². The van der Waals surface area contributed by atoms with Gasteiger partial charge in [-0.25, -0.2) is 4.68 Å². The van der Waals surface area contributed by atoms with Gasteiger partial charge in [-0.15, -0.1) is 0 Å². The maximum Gasteiger partial charge on any atom is 0.291 e. The molecule has 1 heterocycles. The van der Waals surface area contributed by atoms with E-state index in [2.05, 4.69) is 15.7 Å². The van der Waals surface area contributed by atoms with E-state index in [1.54, 1.807) is 31.2 Å². The Hall–Kier alpha value is -3.45. The highest BCUT2D eigenvalue weighted by Gasteiger charge is 2.21. The second-order valence-electron chi connectivity index (χ2n) is 6.89. The highest BCUT2D eigenvalue weighted by atomic mass is 35.5. The smallest absolute Gasteiger partial charge is 0.291 e. The molecule has 1 aromatic heterocycles. The Bertz CT molecular complexity index is 1160. The van der Waals surface area contributed by atoms with Crippen LogP contribution in [0.4, 0.5) is 11.4 Å². The van der Waals surface area contributed by atoms with Crippen LogP contribution in [0, 0.1) is 6.92 Å². The SMILES string of the molecule is CC(=O)Nc1cc(-c2ccc(C)cc2)nn(C(C)C(=O)Nc2ccccc2Cl)c1=O. The molecule has 3 aromatic rings. The number of hydrogen-bond acceptors (Lipinski definition) is 4. The maximum atomic E-state index is 12.9. The first kappa shape index (κ1) is 21.3. The molecule has 0 aliphatic rings. The van der Waals surface area contributed by atoms with Crippen molar-refractivity contribution >= 4 is 34.8 Å². The lowest BCUT2D eigenvalue weighted by molar-refractivity contribution is -0.119. The highest BCUT2D eigenvalue weighted by molar-refractivity contribution is 6.33. The Balaban J connectivity index is 2.03. The lowest BCUT2D eigenvalue weighted by Crippen LogP contribution is -2.35. The van der Waals surface area contributed by atoms with Crippen molar-refractivity contribution in [1.82, 2.24) is 9.78 Å². The van der Waals surface area contributed by atoms with E-state index in [0.717, 1.165) is 15.8 Å². The Morgan fingerprint density at radius 1 is 1.03 bits per heavy atom. The first-order valence-electron chi connectivity index (χ1n) is 9.30. The lowest BCUT2D eigenvalue weighted by atomic mass is 10.1. The standard InChI is InChI=1S/C22H21ClN4O3/c1-13-8-10-16(11-9-13)19-12-20(24-15(3)28)22(30)27(26-19)14(2)21(29)25-18-7-5-4-6-17(18)23/h4-12,14H,1-3H3,(H,24,28)(H,25,29). The van der Waals surface area contributed by atoms with Gasteiger partial charge in [-0.05, 0) is 32.0 Å². The number of carbonyl (C=O) groups is 2. The quantitative estimate of drug-likeness (QED) is 0.646. The van der Waals surface area contributed by atoms with Crippen molar-refractivity contribution in [3.63, 3.8) is 0 Å². The van der Waals surface area contributed by atoms with Crippen LogP contribution >= 0.6 is 11.6 Å². The normalized spacial score (nSPS) is 11.6. The number of anilines is 2. The van der Waals surface area contributed by atoms with E-state index in [-0.39, 0.29) is 5.69 Å². The molecule has 1 unspecified atom stereocenters. The van der Waals surface area contributed by atoms with Crippen molar-refractivity contribution in [2.75, 3.05) is 10.6 Å². The molecule has 0 radical (unpaired) electrons. The van der Waals surface area contributed by atoms with Crippen LogP contribution in [0.3, 0.4) is 0 Å². The van der Waals surface area contributed by atoms with Gasteiger partial charge in [0, 0.05) is 12.5 Å². The largest absolute Gasteiger partial charge is 0.323 e. The number of aryl methyl sites for hydroxylation is 1. The van der Waals surface area contributed by atoms with Crippen molar-refractivity contribution in [2.24, 2.45) is 0 Å². The van der Waals surface area contributed by atoms with Gasteiger partial charge in [-0.2, -0.15) is 5.10 Å². The molecule has 0 spiro atoms. The second kappa shape index (κ2) is 8.92. The fourth-order valence-electron chi connectivity index (χ4n) is 2.83. The van der Waals surface area contributed by atoms with Gasteiger partial charge in [-0.3, -0.25) is 14.4 Å². The molecule has 8 heteroatoms. The van der Waals surface area contributed by atoms with Gasteiger partial charge in [0.15, 0.2) is 0 Å². The summed E-state index contributed by atoms with van der Waals surface area (Å²) >= 11 is 6.10. The van der Waals surface area contributed by atoms with Gasteiger partial charge in [0.05, 0.1) is 16.4 Å². The molecular formula is C22H21ClN4O3. The number of benzene rings is 2. The highest BCUT2D eigenvalue weighted by Crippen LogP contribution is 2.23. The summed E-state index contributed by atoms with van der Waals surface area (Å²) in [5.74, 6) is -0.861. The monoisotopic (exact) mass is 424 g/mol. The van der Waals surface area contributed by atoms with E-state index in [0.29, 0.717) is 16.4 Å². The van der Waals surface area contributed by atoms with Gasteiger partial charge in [0.25, 0.3) is 5.56 Å². The van der Waals surface area contributed by atoms with Crippen molar-refractivity contribution < 1.29 is 9.59 Å². The summed E-state index contributed by atoms with van der Waals surface area (Å²) in [5.41, 5.74) is 2.17. The third-order valence-corrected chi connectivity index (χ3v) is 4.80. The third-order valence-electron chi connectivity index (χ3n) is 4.47. The van der Waals surface area contributed by atoms with Crippen LogP contribution in [0.1, 0.15) is 25.5 Å². The van der Waals surface area contributed by atoms with E-state index in [9.17, 15) is 14.4 Å². The zero-order chi connectivity index (χ0) is 21.8. The average Bonchev–Trinajstić information content (AvgIpc) is 2.71. The minimum Gasteiger partial charge on any atom is -0.323 e. The van der Waals surface area contributed by atoms with Crippen LogP contribution in [-0.2, 0) is 9.59 Å². The van der Waals surface area contributed by atoms with Crippen molar-refractivity contribution in [1.29, 1.82) is 0 Å². The summed E-state index contributed by atoms with van der Waals surface area (Å²) in [4.78, 5) is 37.3. The molecule has 1 atom stereocenters. The number of carbonyl (C=O) groups excluding carboxylic acids is 2. The van der Waals surface area contributed by atoms with Gasteiger partial charge in [0.2, 0.25) is 11.8 Å². The first-order valence-corrected chi connectivity index (χ1v) is 9.68. The topological polar surface area (TPSA) is 93.1 Å². The van der Waals surface area contributed by atoms with E-state index < -0.39 is 23.4 Å². The molecule has 2 N–H and O–H groups in total. The van der Waals surface area contributed by atoms with E-state index in [1.165, 1.54) is 13.0 Å². The fraction of sp³-hybridized carbons (Fsp3) is 0.182. The summed E-state index contributed by atoms with van der Waals surface area (Å²) in [5, 5.41) is 9.99. The number of aromatic nitrogens is 2. The molecule has 0 saturated heterocycles. The zero-order valence-electron chi connectivity index (χ0n) is 16.8. The van der Waals surface area contributed by atoms with E-state index >= 15 is 0 Å². The predicted octanol–water partition coefficient (Wildman–Crippen LogP) is 4.03. The van der Waals surface area contributed by atoms with Crippen LogP contribution in [-0.4, -0.2) is 21.6 Å².